The summed E-state index contributed by atoms with van der Waals surface area (Å²) in [4.78, 5) is 39.2. The number of benzene rings is 1. The molecule has 35 heavy (non-hydrogen) atoms. The first-order chi connectivity index (χ1) is 16.9. The molecule has 2 aliphatic rings. The average molecular weight is 503 g/mol. The second kappa shape index (κ2) is 11.5. The molecule has 0 spiro atoms. The van der Waals surface area contributed by atoms with E-state index in [4.69, 9.17) is 16.3 Å². The summed E-state index contributed by atoms with van der Waals surface area (Å²) in [6.07, 6.45) is 7.14. The molecule has 2 heterocycles. The second-order valence-electron chi connectivity index (χ2n) is 9.11. The van der Waals surface area contributed by atoms with Gasteiger partial charge in [-0.25, -0.2) is 0 Å². The molecule has 3 amide bonds. The highest BCUT2D eigenvalue weighted by Gasteiger charge is 2.33. The van der Waals surface area contributed by atoms with Gasteiger partial charge in [0, 0.05) is 18.0 Å². The quantitative estimate of drug-likeness (QED) is 0.548. The molecular weight excluding hydrogens is 472 g/mol. The summed E-state index contributed by atoms with van der Waals surface area (Å²) in [5.74, 6) is -0.791. The highest BCUT2D eigenvalue weighted by atomic mass is 35.5. The number of rotatable bonds is 1. The number of fused-ring (bicyclic) bond motifs is 3. The van der Waals surface area contributed by atoms with Crippen molar-refractivity contribution in [1.29, 1.82) is 0 Å². The first kappa shape index (κ1) is 25.0. The van der Waals surface area contributed by atoms with Gasteiger partial charge < -0.3 is 20.7 Å². The zero-order valence-corrected chi connectivity index (χ0v) is 20.5. The molecule has 0 unspecified atom stereocenters. The fraction of sp³-hybridized carbons (Fsp3) is 0.542. The van der Waals surface area contributed by atoms with E-state index >= 15 is 0 Å². The van der Waals surface area contributed by atoms with Crippen molar-refractivity contribution in [1.82, 2.24) is 30.9 Å². The summed E-state index contributed by atoms with van der Waals surface area (Å²) in [6.45, 7) is 2.70. The standard InChI is InChI=1S/C24H31ClN6O4/c1-15-22(32)26-13-18-14-31(30-29-18)10-5-11-35-20-12-17(25)8-9-19(20)23(33)28-21(24(34)27-15)16-6-3-2-4-7-16/h8-9,12,14-16,21H,2-7,10-11,13H2,1H3,(H,26,32)(H,27,34)(H,28,33)/t15-,21+/m1/s1. The summed E-state index contributed by atoms with van der Waals surface area (Å²) in [6, 6.07) is 3.27. The predicted octanol–water partition coefficient (Wildman–Crippen LogP) is 2.21. The number of ether oxygens (including phenoxy) is 1. The van der Waals surface area contributed by atoms with E-state index in [0.717, 1.165) is 32.1 Å². The summed E-state index contributed by atoms with van der Waals surface area (Å²) in [5, 5.41) is 17.1. The molecule has 1 fully saturated rings. The van der Waals surface area contributed by atoms with Crippen LogP contribution in [0.1, 0.15) is 61.5 Å². The number of hydrogen-bond acceptors (Lipinski definition) is 6. The Bertz CT molecular complexity index is 1070. The number of carbonyl (C=O) groups is 3. The van der Waals surface area contributed by atoms with Crippen molar-refractivity contribution in [3.63, 3.8) is 0 Å². The maximum absolute atomic E-state index is 13.3. The van der Waals surface area contributed by atoms with Crippen molar-refractivity contribution in [3.8, 4) is 5.75 Å². The molecule has 1 aromatic heterocycles. The summed E-state index contributed by atoms with van der Waals surface area (Å²) in [7, 11) is 0. The lowest BCUT2D eigenvalue weighted by molar-refractivity contribution is -0.130. The van der Waals surface area contributed by atoms with Crippen LogP contribution in [0.15, 0.2) is 24.4 Å². The van der Waals surface area contributed by atoms with Gasteiger partial charge in [0.25, 0.3) is 5.91 Å². The van der Waals surface area contributed by atoms with Crippen molar-refractivity contribution in [2.45, 2.75) is 70.6 Å². The molecule has 1 aliphatic carbocycles. The number of aromatic nitrogens is 3. The van der Waals surface area contributed by atoms with Crippen LogP contribution in [0.5, 0.6) is 5.75 Å². The van der Waals surface area contributed by atoms with Gasteiger partial charge in [0.15, 0.2) is 0 Å². The van der Waals surface area contributed by atoms with E-state index < -0.39 is 18.0 Å². The number of amides is 3. The second-order valence-corrected chi connectivity index (χ2v) is 9.55. The fourth-order valence-electron chi connectivity index (χ4n) is 4.52. The SMILES string of the molecule is C[C@H]1NC(=O)[C@H](C2CCCCC2)NC(=O)c2ccc(Cl)cc2OCCCn2cc(nn2)CNC1=O. The Balaban J connectivity index is 1.61. The lowest BCUT2D eigenvalue weighted by Gasteiger charge is -2.31. The smallest absolute Gasteiger partial charge is 0.255 e. The minimum Gasteiger partial charge on any atom is -0.493 e. The number of nitrogens with zero attached hydrogens (tertiary/aromatic N) is 3. The fourth-order valence-corrected chi connectivity index (χ4v) is 4.69. The van der Waals surface area contributed by atoms with E-state index in [1.165, 1.54) is 0 Å². The van der Waals surface area contributed by atoms with Crippen LogP contribution in [0.4, 0.5) is 0 Å². The lowest BCUT2D eigenvalue weighted by Crippen LogP contribution is -2.55. The first-order valence-electron chi connectivity index (χ1n) is 12.1. The molecule has 1 aromatic carbocycles. The Labute approximate surface area is 209 Å². The molecule has 1 aliphatic heterocycles. The number of halogens is 1. The third-order valence-electron chi connectivity index (χ3n) is 6.45. The van der Waals surface area contributed by atoms with Gasteiger partial charge in [-0.3, -0.25) is 19.1 Å². The molecule has 11 heteroatoms. The molecule has 10 nitrogen and oxygen atoms in total. The van der Waals surface area contributed by atoms with Crippen molar-refractivity contribution in [3.05, 3.63) is 40.7 Å². The van der Waals surface area contributed by atoms with E-state index in [0.29, 0.717) is 41.6 Å². The van der Waals surface area contributed by atoms with Crippen molar-refractivity contribution >= 4 is 29.3 Å². The van der Waals surface area contributed by atoms with Gasteiger partial charge in [-0.15, -0.1) is 5.10 Å². The van der Waals surface area contributed by atoms with Crippen LogP contribution in [-0.4, -0.2) is 51.4 Å². The third-order valence-corrected chi connectivity index (χ3v) is 6.68. The van der Waals surface area contributed by atoms with Gasteiger partial charge in [0.2, 0.25) is 11.8 Å². The highest BCUT2D eigenvalue weighted by molar-refractivity contribution is 6.30. The topological polar surface area (TPSA) is 127 Å². The van der Waals surface area contributed by atoms with Crippen LogP contribution in [-0.2, 0) is 22.7 Å². The van der Waals surface area contributed by atoms with Crippen LogP contribution < -0.4 is 20.7 Å². The van der Waals surface area contributed by atoms with Gasteiger partial charge in [-0.1, -0.05) is 36.1 Å². The largest absolute Gasteiger partial charge is 0.493 e. The minimum absolute atomic E-state index is 0.0136. The van der Waals surface area contributed by atoms with E-state index in [2.05, 4.69) is 26.3 Å². The molecular formula is C24H31ClN6O4. The zero-order valence-electron chi connectivity index (χ0n) is 19.8. The molecule has 0 saturated heterocycles. The number of aryl methyl sites for hydroxylation is 1. The van der Waals surface area contributed by atoms with Gasteiger partial charge in [-0.2, -0.15) is 0 Å². The first-order valence-corrected chi connectivity index (χ1v) is 12.5. The third kappa shape index (κ3) is 6.50. The van der Waals surface area contributed by atoms with Crippen molar-refractivity contribution < 1.29 is 19.1 Å². The van der Waals surface area contributed by atoms with Crippen LogP contribution in [0.2, 0.25) is 5.02 Å². The molecule has 2 atom stereocenters. The van der Waals surface area contributed by atoms with E-state index in [1.807, 2.05) is 0 Å². The highest BCUT2D eigenvalue weighted by Crippen LogP contribution is 2.28. The predicted molar refractivity (Wildman–Crippen MR) is 129 cm³/mol. The van der Waals surface area contributed by atoms with Crippen molar-refractivity contribution in [2.75, 3.05) is 6.61 Å². The number of carbonyl (C=O) groups excluding carboxylic acids is 3. The van der Waals surface area contributed by atoms with Gasteiger partial charge in [-0.05, 0) is 43.9 Å². The zero-order chi connectivity index (χ0) is 24.8. The Hall–Kier alpha value is -3.14. The normalized spacial score (nSPS) is 23.1. The van der Waals surface area contributed by atoms with Crippen LogP contribution >= 0.6 is 11.6 Å². The van der Waals surface area contributed by atoms with Crippen molar-refractivity contribution in [2.24, 2.45) is 5.92 Å². The molecule has 3 N–H and O–H groups in total. The number of hydrogen-bond donors (Lipinski definition) is 3. The monoisotopic (exact) mass is 502 g/mol. The maximum Gasteiger partial charge on any atom is 0.255 e. The van der Waals surface area contributed by atoms with Crippen LogP contribution in [0.3, 0.4) is 0 Å². The summed E-state index contributed by atoms with van der Waals surface area (Å²) in [5.41, 5.74) is 0.918. The van der Waals surface area contributed by atoms with E-state index in [9.17, 15) is 14.4 Å². The molecule has 0 radical (unpaired) electrons. The molecule has 1 saturated carbocycles. The van der Waals surface area contributed by atoms with Gasteiger partial charge in [0.1, 0.15) is 23.5 Å². The van der Waals surface area contributed by atoms with Gasteiger partial charge in [0.05, 0.1) is 24.9 Å². The molecule has 2 aromatic rings. The number of nitrogens with one attached hydrogen (secondary N) is 3. The molecule has 188 valence electrons. The van der Waals surface area contributed by atoms with Gasteiger partial charge >= 0.3 is 0 Å². The van der Waals surface area contributed by atoms with E-state index in [-0.39, 0.29) is 24.3 Å². The average Bonchev–Trinajstić information content (AvgIpc) is 3.31. The van der Waals surface area contributed by atoms with E-state index in [1.54, 1.807) is 36.0 Å². The minimum atomic E-state index is -0.783. The Morgan fingerprint density at radius 2 is 1.86 bits per heavy atom. The molecule has 4 rings (SSSR count). The molecule has 2 bridgehead atoms. The lowest BCUT2D eigenvalue weighted by atomic mass is 9.83. The summed E-state index contributed by atoms with van der Waals surface area (Å²) >= 11 is 6.17. The summed E-state index contributed by atoms with van der Waals surface area (Å²) < 4.78 is 7.57. The van der Waals surface area contributed by atoms with Crippen LogP contribution in [0, 0.1) is 5.92 Å². The Morgan fingerprint density at radius 1 is 1.06 bits per heavy atom. The van der Waals surface area contributed by atoms with Crippen LogP contribution in [0.25, 0.3) is 0 Å². The Morgan fingerprint density at radius 3 is 2.66 bits per heavy atom. The maximum atomic E-state index is 13.3. The Kier molecular flexibility index (Phi) is 8.22.